The van der Waals surface area contributed by atoms with E-state index in [0.29, 0.717) is 33.8 Å². The van der Waals surface area contributed by atoms with Crippen LogP contribution in [-0.2, 0) is 6.54 Å². The van der Waals surface area contributed by atoms with Gasteiger partial charge in [0.15, 0.2) is 11.5 Å². The quantitative estimate of drug-likeness (QED) is 0.332. The van der Waals surface area contributed by atoms with Crippen LogP contribution in [0.1, 0.15) is 5.56 Å². The van der Waals surface area contributed by atoms with Crippen LogP contribution in [0.4, 0.5) is 4.39 Å². The van der Waals surface area contributed by atoms with E-state index >= 15 is 0 Å². The minimum absolute atomic E-state index is 0.155. The first-order valence-electron chi connectivity index (χ1n) is 11.2. The largest absolute Gasteiger partial charge is 0.508 e. The van der Waals surface area contributed by atoms with Crippen LogP contribution in [-0.4, -0.2) is 59.2 Å². The van der Waals surface area contributed by atoms with Crippen molar-refractivity contribution >= 4 is 22.1 Å². The summed E-state index contributed by atoms with van der Waals surface area (Å²) in [5, 5.41) is 18.2. The Morgan fingerprint density at radius 3 is 2.72 bits per heavy atom. The SMILES string of the molecule is CN(C)Cc1cncc(-c2cc3c(-c4nc5nccc(-c6cc(O)cc(F)c6)c5[nH]4)n[nH]c3cn2)c1. The van der Waals surface area contributed by atoms with Gasteiger partial charge in [0.1, 0.15) is 17.3 Å². The number of benzene rings is 1. The summed E-state index contributed by atoms with van der Waals surface area (Å²) in [5.74, 6) is -0.178. The topological polar surface area (TPSA) is 120 Å². The fourth-order valence-corrected chi connectivity index (χ4v) is 4.33. The van der Waals surface area contributed by atoms with Crippen molar-refractivity contribution in [1.29, 1.82) is 0 Å². The molecular weight excluding hydrogens is 459 g/mol. The van der Waals surface area contributed by atoms with Crippen molar-refractivity contribution in [2.75, 3.05) is 14.1 Å². The van der Waals surface area contributed by atoms with Crippen LogP contribution in [0.25, 0.3) is 56.0 Å². The zero-order chi connectivity index (χ0) is 24.8. The molecule has 3 N–H and O–H groups in total. The van der Waals surface area contributed by atoms with E-state index in [4.69, 9.17) is 0 Å². The summed E-state index contributed by atoms with van der Waals surface area (Å²) in [5.41, 5.74) is 6.38. The molecule has 178 valence electrons. The molecule has 10 heteroatoms. The number of phenolic OH excluding ortho intramolecular Hbond substituents is 1. The highest BCUT2D eigenvalue weighted by Gasteiger charge is 2.17. The Morgan fingerprint density at radius 1 is 1.00 bits per heavy atom. The van der Waals surface area contributed by atoms with Crippen LogP contribution >= 0.6 is 0 Å². The Labute approximate surface area is 204 Å². The van der Waals surface area contributed by atoms with Gasteiger partial charge in [-0.05, 0) is 55.6 Å². The number of nitrogens with zero attached hydrogens (tertiary/aromatic N) is 6. The monoisotopic (exact) mass is 480 g/mol. The van der Waals surface area contributed by atoms with Gasteiger partial charge >= 0.3 is 0 Å². The Hall–Kier alpha value is -4.70. The molecule has 0 bridgehead atoms. The normalized spacial score (nSPS) is 11.7. The van der Waals surface area contributed by atoms with Crippen LogP contribution in [0.5, 0.6) is 5.75 Å². The van der Waals surface area contributed by atoms with E-state index in [1.165, 1.54) is 12.1 Å². The van der Waals surface area contributed by atoms with E-state index in [2.05, 4.69) is 46.1 Å². The molecule has 36 heavy (non-hydrogen) atoms. The minimum Gasteiger partial charge on any atom is -0.508 e. The van der Waals surface area contributed by atoms with Crippen LogP contribution in [0.15, 0.2) is 61.2 Å². The number of rotatable bonds is 5. The van der Waals surface area contributed by atoms with Crippen LogP contribution < -0.4 is 0 Å². The summed E-state index contributed by atoms with van der Waals surface area (Å²) in [6.45, 7) is 0.775. The number of aromatic nitrogens is 7. The van der Waals surface area contributed by atoms with Gasteiger partial charge in [-0.2, -0.15) is 5.10 Å². The highest BCUT2D eigenvalue weighted by molar-refractivity contribution is 5.96. The third-order valence-electron chi connectivity index (χ3n) is 5.85. The second-order valence-corrected chi connectivity index (χ2v) is 8.85. The molecule has 0 saturated heterocycles. The smallest absolute Gasteiger partial charge is 0.178 e. The first-order chi connectivity index (χ1) is 17.4. The lowest BCUT2D eigenvalue weighted by Gasteiger charge is -2.10. The molecule has 0 spiro atoms. The zero-order valence-corrected chi connectivity index (χ0v) is 19.5. The molecule has 0 atom stereocenters. The Kier molecular flexibility index (Phi) is 5.15. The number of H-pyrrole nitrogens is 2. The van der Waals surface area contributed by atoms with Gasteiger partial charge in [-0.1, -0.05) is 0 Å². The van der Waals surface area contributed by atoms with E-state index in [9.17, 15) is 9.50 Å². The van der Waals surface area contributed by atoms with Crippen molar-refractivity contribution in [3.05, 3.63) is 72.6 Å². The predicted octanol–water partition coefficient (Wildman–Crippen LogP) is 4.53. The molecule has 1 aromatic carbocycles. The maximum atomic E-state index is 14.0. The van der Waals surface area contributed by atoms with Crippen molar-refractivity contribution in [3.8, 4) is 39.7 Å². The molecule has 0 unspecified atom stereocenters. The summed E-state index contributed by atoms with van der Waals surface area (Å²) < 4.78 is 14.0. The molecule has 0 aliphatic carbocycles. The maximum absolute atomic E-state index is 14.0. The number of imidazole rings is 1. The van der Waals surface area contributed by atoms with Gasteiger partial charge in [0, 0.05) is 47.7 Å². The van der Waals surface area contributed by atoms with Crippen molar-refractivity contribution < 1.29 is 9.50 Å². The first-order valence-corrected chi connectivity index (χ1v) is 11.2. The molecule has 6 rings (SSSR count). The minimum atomic E-state index is -0.530. The highest BCUT2D eigenvalue weighted by Crippen LogP contribution is 2.33. The van der Waals surface area contributed by atoms with Gasteiger partial charge < -0.3 is 15.0 Å². The zero-order valence-electron chi connectivity index (χ0n) is 19.5. The van der Waals surface area contributed by atoms with E-state index < -0.39 is 5.82 Å². The number of aromatic hydroxyl groups is 1. The van der Waals surface area contributed by atoms with Crippen molar-refractivity contribution in [1.82, 2.24) is 40.0 Å². The van der Waals surface area contributed by atoms with Gasteiger partial charge in [-0.15, -0.1) is 0 Å². The van der Waals surface area contributed by atoms with E-state index in [-0.39, 0.29) is 5.75 Å². The van der Waals surface area contributed by atoms with Crippen LogP contribution in [0.2, 0.25) is 0 Å². The predicted molar refractivity (Wildman–Crippen MR) is 134 cm³/mol. The van der Waals surface area contributed by atoms with Crippen LogP contribution in [0.3, 0.4) is 0 Å². The van der Waals surface area contributed by atoms with E-state index in [1.54, 1.807) is 24.7 Å². The van der Waals surface area contributed by atoms with Gasteiger partial charge in [-0.3, -0.25) is 15.1 Å². The molecule has 5 aromatic heterocycles. The maximum Gasteiger partial charge on any atom is 0.178 e. The fraction of sp³-hybridized carbons (Fsp3) is 0.115. The summed E-state index contributed by atoms with van der Waals surface area (Å²) >= 11 is 0. The number of phenols is 1. The Morgan fingerprint density at radius 2 is 1.89 bits per heavy atom. The summed E-state index contributed by atoms with van der Waals surface area (Å²) in [6, 6.07) is 9.70. The number of nitrogens with one attached hydrogen (secondary N) is 2. The number of halogens is 1. The Balaban J connectivity index is 1.45. The van der Waals surface area contributed by atoms with E-state index in [0.717, 1.165) is 40.3 Å². The summed E-state index contributed by atoms with van der Waals surface area (Å²) in [4.78, 5) is 23.3. The molecule has 0 aliphatic rings. The lowest BCUT2D eigenvalue weighted by Crippen LogP contribution is -2.10. The van der Waals surface area contributed by atoms with Gasteiger partial charge in [0.2, 0.25) is 0 Å². The molecular formula is C26H21FN8O. The highest BCUT2D eigenvalue weighted by atomic mass is 19.1. The Bertz CT molecular complexity index is 1720. The third-order valence-corrected chi connectivity index (χ3v) is 5.85. The molecule has 6 aromatic rings. The lowest BCUT2D eigenvalue weighted by molar-refractivity contribution is 0.402. The lowest BCUT2D eigenvalue weighted by atomic mass is 10.1. The molecule has 0 radical (unpaired) electrons. The molecule has 5 heterocycles. The third kappa shape index (κ3) is 3.93. The number of fused-ring (bicyclic) bond motifs is 2. The van der Waals surface area contributed by atoms with Crippen molar-refractivity contribution in [2.24, 2.45) is 0 Å². The standard InChI is InChI=1S/C26H21FN8O/c1-35(2)13-14-5-16(11-28-10-14)21-9-20-22(12-30-21)33-34-24(20)26-31-23-19(3-4-29-25(23)32-26)15-6-17(27)8-18(36)7-15/h3-12,36H,13H2,1-2H3,(H,33,34)(H,29,31,32). The summed E-state index contributed by atoms with van der Waals surface area (Å²) in [7, 11) is 4.03. The van der Waals surface area contributed by atoms with Crippen LogP contribution in [0, 0.1) is 5.82 Å². The average Bonchev–Trinajstić information content (AvgIpc) is 3.46. The van der Waals surface area contributed by atoms with Gasteiger partial charge in [0.25, 0.3) is 0 Å². The molecule has 0 fully saturated rings. The van der Waals surface area contributed by atoms with Gasteiger partial charge in [0.05, 0.1) is 22.9 Å². The molecule has 0 aliphatic heterocycles. The van der Waals surface area contributed by atoms with Gasteiger partial charge in [-0.25, -0.2) is 14.4 Å². The second kappa shape index (κ2) is 8.51. The number of pyridine rings is 3. The molecule has 0 saturated carbocycles. The number of hydrogen-bond donors (Lipinski definition) is 3. The number of aromatic amines is 2. The summed E-state index contributed by atoms with van der Waals surface area (Å²) in [6.07, 6.45) is 6.98. The van der Waals surface area contributed by atoms with Crippen molar-refractivity contribution in [2.45, 2.75) is 6.54 Å². The second-order valence-electron chi connectivity index (χ2n) is 8.85. The molecule has 9 nitrogen and oxygen atoms in total. The molecule has 0 amide bonds. The number of hydrogen-bond acceptors (Lipinski definition) is 7. The first kappa shape index (κ1) is 21.8. The van der Waals surface area contributed by atoms with Crippen molar-refractivity contribution in [3.63, 3.8) is 0 Å². The van der Waals surface area contributed by atoms with E-state index in [1.807, 2.05) is 26.4 Å². The average molecular weight is 481 g/mol. The fourth-order valence-electron chi connectivity index (χ4n) is 4.33.